The monoisotopic (exact) mass is 260 g/mol. The van der Waals surface area contributed by atoms with E-state index in [-0.39, 0.29) is 5.91 Å². The fourth-order valence-corrected chi connectivity index (χ4v) is 2.57. The first-order valence-electron chi connectivity index (χ1n) is 5.76. The van der Waals surface area contributed by atoms with Crippen molar-refractivity contribution < 1.29 is 4.79 Å². The number of nitrogens with one attached hydrogen (secondary N) is 1. The second kappa shape index (κ2) is 5.23. The van der Waals surface area contributed by atoms with Gasteiger partial charge in [0.1, 0.15) is 0 Å². The number of hydrogen-bond donors (Lipinski definition) is 2. The van der Waals surface area contributed by atoms with E-state index in [1.165, 1.54) is 4.88 Å². The second-order valence-corrected chi connectivity index (χ2v) is 5.59. The highest BCUT2D eigenvalue weighted by molar-refractivity contribution is 7.11. The lowest BCUT2D eigenvalue weighted by atomic mass is 10.1. The van der Waals surface area contributed by atoms with E-state index in [1.807, 2.05) is 13.0 Å². The van der Waals surface area contributed by atoms with Gasteiger partial charge in [0.05, 0.1) is 6.54 Å². The second-order valence-electron chi connectivity index (χ2n) is 4.21. The van der Waals surface area contributed by atoms with Crippen LogP contribution in [0, 0.1) is 13.8 Å². The number of nitrogen functional groups attached to an aromatic ring is 1. The van der Waals surface area contributed by atoms with Gasteiger partial charge in [0.25, 0.3) is 5.91 Å². The summed E-state index contributed by atoms with van der Waals surface area (Å²) in [6.45, 7) is 4.48. The van der Waals surface area contributed by atoms with Gasteiger partial charge in [-0.1, -0.05) is 6.07 Å². The molecule has 0 bridgehead atoms. The van der Waals surface area contributed by atoms with E-state index >= 15 is 0 Å². The molecule has 1 heterocycles. The third-order valence-electron chi connectivity index (χ3n) is 2.84. The van der Waals surface area contributed by atoms with Gasteiger partial charge in [0, 0.05) is 21.0 Å². The van der Waals surface area contributed by atoms with E-state index in [9.17, 15) is 4.79 Å². The minimum Gasteiger partial charge on any atom is -0.398 e. The summed E-state index contributed by atoms with van der Waals surface area (Å²) in [5.41, 5.74) is 7.91. The number of carbonyl (C=O) groups excluding carboxylic acids is 1. The molecule has 1 amide bonds. The van der Waals surface area contributed by atoms with Crippen LogP contribution in [0.2, 0.25) is 0 Å². The van der Waals surface area contributed by atoms with Crippen LogP contribution in [0.15, 0.2) is 30.3 Å². The fourth-order valence-electron chi connectivity index (χ4n) is 1.74. The summed E-state index contributed by atoms with van der Waals surface area (Å²) in [6, 6.07) is 9.48. The number of nitrogens with two attached hydrogens (primary N) is 1. The van der Waals surface area contributed by atoms with Gasteiger partial charge in [-0.05, 0) is 43.7 Å². The molecule has 2 aromatic rings. The first kappa shape index (κ1) is 12.6. The first-order chi connectivity index (χ1) is 8.58. The molecule has 1 aromatic heterocycles. The standard InChI is InChI=1S/C14H16N2OS/c1-9-6-7-11(18-9)8-16-14(17)12-4-3-5-13(15)10(12)2/h3-7H,8,15H2,1-2H3,(H,16,17). The molecule has 3 nitrogen and oxygen atoms in total. The van der Waals surface area contributed by atoms with Crippen molar-refractivity contribution in [3.05, 3.63) is 51.2 Å². The van der Waals surface area contributed by atoms with Gasteiger partial charge in [0.2, 0.25) is 0 Å². The summed E-state index contributed by atoms with van der Waals surface area (Å²) in [4.78, 5) is 14.4. The van der Waals surface area contributed by atoms with Crippen LogP contribution in [-0.2, 0) is 6.54 Å². The maximum absolute atomic E-state index is 12.0. The molecule has 0 atom stereocenters. The van der Waals surface area contributed by atoms with Gasteiger partial charge < -0.3 is 11.1 Å². The molecule has 0 aliphatic carbocycles. The van der Waals surface area contributed by atoms with Gasteiger partial charge >= 0.3 is 0 Å². The van der Waals surface area contributed by atoms with Crippen LogP contribution in [0.3, 0.4) is 0 Å². The zero-order valence-electron chi connectivity index (χ0n) is 10.5. The Morgan fingerprint density at radius 2 is 2.06 bits per heavy atom. The Morgan fingerprint density at radius 1 is 1.28 bits per heavy atom. The molecule has 0 fully saturated rings. The summed E-state index contributed by atoms with van der Waals surface area (Å²) in [7, 11) is 0. The molecular formula is C14H16N2OS. The summed E-state index contributed by atoms with van der Waals surface area (Å²) in [5.74, 6) is -0.0779. The largest absolute Gasteiger partial charge is 0.398 e. The molecular weight excluding hydrogens is 244 g/mol. The van der Waals surface area contributed by atoms with Crippen LogP contribution in [0.25, 0.3) is 0 Å². The Hall–Kier alpha value is -1.81. The van der Waals surface area contributed by atoms with E-state index in [0.717, 1.165) is 10.4 Å². The van der Waals surface area contributed by atoms with Gasteiger partial charge in [-0.2, -0.15) is 0 Å². The molecule has 1 aromatic carbocycles. The Balaban J connectivity index is 2.06. The number of rotatable bonds is 3. The summed E-state index contributed by atoms with van der Waals surface area (Å²) in [5, 5.41) is 2.91. The van der Waals surface area contributed by atoms with Crippen molar-refractivity contribution in [2.75, 3.05) is 5.73 Å². The van der Waals surface area contributed by atoms with Crippen molar-refractivity contribution in [1.82, 2.24) is 5.32 Å². The number of anilines is 1. The lowest BCUT2D eigenvalue weighted by Crippen LogP contribution is -2.23. The average molecular weight is 260 g/mol. The predicted octanol–water partition coefficient (Wildman–Crippen LogP) is 2.88. The van der Waals surface area contributed by atoms with Crippen molar-refractivity contribution >= 4 is 22.9 Å². The Labute approximate surface area is 111 Å². The lowest BCUT2D eigenvalue weighted by Gasteiger charge is -2.08. The van der Waals surface area contributed by atoms with Crippen molar-refractivity contribution in [3.63, 3.8) is 0 Å². The first-order valence-corrected chi connectivity index (χ1v) is 6.58. The molecule has 0 aliphatic rings. The molecule has 2 rings (SSSR count). The minimum atomic E-state index is -0.0779. The van der Waals surface area contributed by atoms with E-state index in [2.05, 4.69) is 18.3 Å². The van der Waals surface area contributed by atoms with Crippen LogP contribution in [0.4, 0.5) is 5.69 Å². The molecule has 0 spiro atoms. The summed E-state index contributed by atoms with van der Waals surface area (Å²) < 4.78 is 0. The quantitative estimate of drug-likeness (QED) is 0.834. The maximum Gasteiger partial charge on any atom is 0.251 e. The van der Waals surface area contributed by atoms with E-state index in [4.69, 9.17) is 5.73 Å². The highest BCUT2D eigenvalue weighted by Crippen LogP contribution is 2.17. The van der Waals surface area contributed by atoms with Crippen LogP contribution in [0.1, 0.15) is 25.7 Å². The van der Waals surface area contributed by atoms with Crippen LogP contribution < -0.4 is 11.1 Å². The number of thiophene rings is 1. The predicted molar refractivity (Wildman–Crippen MR) is 75.8 cm³/mol. The Kier molecular flexibility index (Phi) is 3.67. The molecule has 18 heavy (non-hydrogen) atoms. The Morgan fingerprint density at radius 3 is 2.72 bits per heavy atom. The molecule has 3 N–H and O–H groups in total. The number of hydrogen-bond acceptors (Lipinski definition) is 3. The topological polar surface area (TPSA) is 55.1 Å². The van der Waals surface area contributed by atoms with E-state index in [1.54, 1.807) is 29.5 Å². The normalized spacial score (nSPS) is 10.3. The molecule has 94 valence electrons. The third kappa shape index (κ3) is 2.71. The molecule has 0 saturated carbocycles. The molecule has 4 heteroatoms. The number of benzene rings is 1. The number of carbonyl (C=O) groups is 1. The highest BCUT2D eigenvalue weighted by atomic mass is 32.1. The van der Waals surface area contributed by atoms with Crippen LogP contribution in [-0.4, -0.2) is 5.91 Å². The smallest absolute Gasteiger partial charge is 0.251 e. The molecule has 0 aliphatic heterocycles. The van der Waals surface area contributed by atoms with Crippen molar-refractivity contribution in [2.24, 2.45) is 0 Å². The molecule has 0 radical (unpaired) electrons. The Bertz CT molecular complexity index is 575. The van der Waals surface area contributed by atoms with Crippen LogP contribution in [0.5, 0.6) is 0 Å². The van der Waals surface area contributed by atoms with E-state index in [0.29, 0.717) is 17.8 Å². The van der Waals surface area contributed by atoms with Gasteiger partial charge in [0.15, 0.2) is 0 Å². The highest BCUT2D eigenvalue weighted by Gasteiger charge is 2.10. The van der Waals surface area contributed by atoms with Crippen molar-refractivity contribution in [2.45, 2.75) is 20.4 Å². The number of amides is 1. The van der Waals surface area contributed by atoms with Gasteiger partial charge in [-0.15, -0.1) is 11.3 Å². The van der Waals surface area contributed by atoms with Crippen molar-refractivity contribution in [1.29, 1.82) is 0 Å². The maximum atomic E-state index is 12.0. The molecule has 0 saturated heterocycles. The lowest BCUT2D eigenvalue weighted by molar-refractivity contribution is 0.0950. The average Bonchev–Trinajstić information content (AvgIpc) is 2.76. The molecule has 0 unspecified atom stereocenters. The van der Waals surface area contributed by atoms with Gasteiger partial charge in [-0.25, -0.2) is 0 Å². The zero-order chi connectivity index (χ0) is 13.1. The van der Waals surface area contributed by atoms with Crippen molar-refractivity contribution in [3.8, 4) is 0 Å². The summed E-state index contributed by atoms with van der Waals surface area (Å²) in [6.07, 6.45) is 0. The number of aryl methyl sites for hydroxylation is 1. The zero-order valence-corrected chi connectivity index (χ0v) is 11.3. The van der Waals surface area contributed by atoms with Gasteiger partial charge in [-0.3, -0.25) is 4.79 Å². The fraction of sp³-hybridized carbons (Fsp3) is 0.214. The summed E-state index contributed by atoms with van der Waals surface area (Å²) >= 11 is 1.69. The van der Waals surface area contributed by atoms with E-state index < -0.39 is 0 Å². The SMILES string of the molecule is Cc1ccc(CNC(=O)c2cccc(N)c2C)s1. The van der Waals surface area contributed by atoms with Crippen LogP contribution >= 0.6 is 11.3 Å². The third-order valence-corrected chi connectivity index (χ3v) is 3.84. The minimum absolute atomic E-state index is 0.0779.